The predicted octanol–water partition coefficient (Wildman–Crippen LogP) is 5.16. The monoisotopic (exact) mass is 529 g/mol. The Morgan fingerprint density at radius 2 is 1.63 bits per heavy atom. The summed E-state index contributed by atoms with van der Waals surface area (Å²) in [6.07, 6.45) is 1.55. The van der Waals surface area contributed by atoms with Gasteiger partial charge in [0, 0.05) is 26.2 Å². The Morgan fingerprint density at radius 3 is 2.37 bits per heavy atom. The van der Waals surface area contributed by atoms with Gasteiger partial charge in [-0.2, -0.15) is 13.5 Å². The van der Waals surface area contributed by atoms with Gasteiger partial charge in [-0.15, -0.1) is 0 Å². The lowest BCUT2D eigenvalue weighted by molar-refractivity contribution is 0.585. The largest absolute Gasteiger partial charge is 0.318 e. The average Bonchev–Trinajstić information content (AvgIpc) is 3.01. The highest BCUT2D eigenvalue weighted by Gasteiger charge is 2.14. The van der Waals surface area contributed by atoms with Crippen LogP contribution in [0.5, 0.6) is 0 Å². The van der Waals surface area contributed by atoms with Gasteiger partial charge < -0.3 is 4.57 Å². The molecule has 0 fully saturated rings. The summed E-state index contributed by atoms with van der Waals surface area (Å²) in [5.74, 6) is 0. The van der Waals surface area contributed by atoms with E-state index in [0.717, 1.165) is 33.4 Å². The van der Waals surface area contributed by atoms with Crippen molar-refractivity contribution in [3.8, 4) is 5.69 Å². The van der Waals surface area contributed by atoms with E-state index in [1.807, 2.05) is 44.2 Å². The highest BCUT2D eigenvalue weighted by atomic mass is 127. The Hall–Kier alpha value is -2.65. The number of fused-ring (bicyclic) bond motifs is 1. The Kier molecular flexibility index (Phi) is 5.66. The molecule has 0 aliphatic rings. The van der Waals surface area contributed by atoms with E-state index >= 15 is 0 Å². The standard InChI is InChI=1S/C23H20IN3O2S/c1-16-13-20(17(2)27(16)22-10-8-21(24)9-11-22)15-25-26-30(28,29)23-12-7-18-5-3-4-6-19(18)14-23/h3-15,26H,1-2H3/b25-15+. The van der Waals surface area contributed by atoms with E-state index in [-0.39, 0.29) is 4.90 Å². The van der Waals surface area contributed by atoms with E-state index in [2.05, 4.69) is 61.4 Å². The first kappa shape index (κ1) is 20.6. The first-order valence-corrected chi connectivity index (χ1v) is 11.9. The third-order valence-electron chi connectivity index (χ3n) is 4.96. The molecular formula is C23H20IN3O2S. The number of sulfonamides is 1. The number of aryl methyl sites for hydroxylation is 1. The molecule has 1 aromatic heterocycles. The Bertz CT molecular complexity index is 1360. The van der Waals surface area contributed by atoms with Crippen LogP contribution in [0.2, 0.25) is 0 Å². The van der Waals surface area contributed by atoms with Crippen molar-refractivity contribution >= 4 is 49.6 Å². The second-order valence-corrected chi connectivity index (χ2v) is 9.91. The van der Waals surface area contributed by atoms with Gasteiger partial charge in [-0.3, -0.25) is 0 Å². The van der Waals surface area contributed by atoms with Crippen LogP contribution in [0.3, 0.4) is 0 Å². The van der Waals surface area contributed by atoms with Crippen molar-refractivity contribution in [2.75, 3.05) is 0 Å². The topological polar surface area (TPSA) is 63.5 Å². The maximum Gasteiger partial charge on any atom is 0.276 e. The number of nitrogens with zero attached hydrogens (tertiary/aromatic N) is 2. The van der Waals surface area contributed by atoms with Gasteiger partial charge in [-0.05, 0) is 89.7 Å². The number of hydrogen-bond donors (Lipinski definition) is 1. The molecule has 5 nitrogen and oxygen atoms in total. The van der Waals surface area contributed by atoms with Gasteiger partial charge in [0.1, 0.15) is 0 Å². The van der Waals surface area contributed by atoms with E-state index in [4.69, 9.17) is 0 Å². The summed E-state index contributed by atoms with van der Waals surface area (Å²) in [7, 11) is -3.75. The molecule has 0 unspecified atom stereocenters. The molecule has 0 radical (unpaired) electrons. The van der Waals surface area contributed by atoms with Crippen LogP contribution in [0.1, 0.15) is 17.0 Å². The zero-order chi connectivity index (χ0) is 21.3. The first-order chi connectivity index (χ1) is 14.3. The van der Waals surface area contributed by atoms with Gasteiger partial charge in [0.05, 0.1) is 11.1 Å². The summed E-state index contributed by atoms with van der Waals surface area (Å²) < 4.78 is 28.6. The summed E-state index contributed by atoms with van der Waals surface area (Å²) in [5, 5.41) is 5.87. The number of hydrazone groups is 1. The summed E-state index contributed by atoms with van der Waals surface area (Å²) in [4.78, 5) is 2.51. The molecule has 0 aliphatic carbocycles. The molecule has 0 amide bonds. The second-order valence-electron chi connectivity index (χ2n) is 7.00. The van der Waals surface area contributed by atoms with E-state index < -0.39 is 10.0 Å². The molecule has 0 bridgehead atoms. The van der Waals surface area contributed by atoms with E-state index in [1.165, 1.54) is 3.57 Å². The number of halogens is 1. The van der Waals surface area contributed by atoms with Crippen molar-refractivity contribution in [2.24, 2.45) is 5.10 Å². The fraction of sp³-hybridized carbons (Fsp3) is 0.0870. The Morgan fingerprint density at radius 1 is 0.933 bits per heavy atom. The molecule has 152 valence electrons. The average molecular weight is 529 g/mol. The molecule has 0 atom stereocenters. The van der Waals surface area contributed by atoms with Crippen LogP contribution in [0.15, 0.2) is 82.8 Å². The molecule has 4 aromatic rings. The summed E-state index contributed by atoms with van der Waals surface area (Å²) in [6, 6.07) is 22.9. The number of hydrogen-bond acceptors (Lipinski definition) is 3. The van der Waals surface area contributed by atoms with Crippen LogP contribution in [0.25, 0.3) is 16.5 Å². The summed E-state index contributed by atoms with van der Waals surface area (Å²) in [5.41, 5.74) is 3.95. The van der Waals surface area contributed by atoms with Crippen LogP contribution < -0.4 is 4.83 Å². The number of rotatable bonds is 5. The Balaban J connectivity index is 1.58. The number of aromatic nitrogens is 1. The molecule has 0 spiro atoms. The maximum absolute atomic E-state index is 12.6. The third kappa shape index (κ3) is 4.13. The molecule has 7 heteroatoms. The van der Waals surface area contributed by atoms with Crippen LogP contribution in [-0.4, -0.2) is 19.2 Å². The first-order valence-electron chi connectivity index (χ1n) is 9.34. The van der Waals surface area contributed by atoms with Gasteiger partial charge >= 0.3 is 0 Å². The zero-order valence-corrected chi connectivity index (χ0v) is 19.5. The van der Waals surface area contributed by atoms with Crippen LogP contribution >= 0.6 is 22.6 Å². The highest BCUT2D eigenvalue weighted by Crippen LogP contribution is 2.21. The van der Waals surface area contributed by atoms with Gasteiger partial charge in [-0.1, -0.05) is 30.3 Å². The summed E-state index contributed by atoms with van der Waals surface area (Å²) in [6.45, 7) is 4.01. The van der Waals surface area contributed by atoms with Crippen molar-refractivity contribution in [1.29, 1.82) is 0 Å². The van der Waals surface area contributed by atoms with Crippen LogP contribution in [0, 0.1) is 17.4 Å². The van der Waals surface area contributed by atoms with Crippen molar-refractivity contribution in [3.05, 3.63) is 93.3 Å². The van der Waals surface area contributed by atoms with Gasteiger partial charge in [-0.25, -0.2) is 4.83 Å². The molecule has 0 saturated carbocycles. The molecule has 4 rings (SSSR count). The molecule has 0 aliphatic heterocycles. The minimum Gasteiger partial charge on any atom is -0.318 e. The number of benzene rings is 3. The lowest BCUT2D eigenvalue weighted by Gasteiger charge is -2.09. The Labute approximate surface area is 189 Å². The molecule has 1 N–H and O–H groups in total. The lowest BCUT2D eigenvalue weighted by atomic mass is 10.1. The van der Waals surface area contributed by atoms with Crippen molar-refractivity contribution in [2.45, 2.75) is 18.7 Å². The molecule has 30 heavy (non-hydrogen) atoms. The maximum atomic E-state index is 12.6. The van der Waals surface area contributed by atoms with Gasteiger partial charge in [0.25, 0.3) is 10.0 Å². The fourth-order valence-electron chi connectivity index (χ4n) is 3.46. The van der Waals surface area contributed by atoms with Gasteiger partial charge in [0.15, 0.2) is 0 Å². The molecule has 3 aromatic carbocycles. The third-order valence-corrected chi connectivity index (χ3v) is 6.90. The van der Waals surface area contributed by atoms with Crippen LogP contribution in [-0.2, 0) is 10.0 Å². The SMILES string of the molecule is Cc1cc(/C=N/NS(=O)(=O)c2ccc3ccccc3c2)c(C)n1-c1ccc(I)cc1. The highest BCUT2D eigenvalue weighted by molar-refractivity contribution is 14.1. The lowest BCUT2D eigenvalue weighted by Crippen LogP contribution is -2.18. The predicted molar refractivity (Wildman–Crippen MR) is 130 cm³/mol. The molecule has 0 saturated heterocycles. The zero-order valence-electron chi connectivity index (χ0n) is 16.5. The molecular weight excluding hydrogens is 509 g/mol. The number of nitrogens with one attached hydrogen (secondary N) is 1. The van der Waals surface area contributed by atoms with Crippen LogP contribution in [0.4, 0.5) is 0 Å². The fourth-order valence-corrected chi connectivity index (χ4v) is 4.64. The van der Waals surface area contributed by atoms with Crippen molar-refractivity contribution in [3.63, 3.8) is 0 Å². The smallest absolute Gasteiger partial charge is 0.276 e. The second kappa shape index (κ2) is 8.23. The quantitative estimate of drug-likeness (QED) is 0.221. The summed E-state index contributed by atoms with van der Waals surface area (Å²) >= 11 is 2.28. The van der Waals surface area contributed by atoms with Crippen molar-refractivity contribution in [1.82, 2.24) is 9.40 Å². The van der Waals surface area contributed by atoms with E-state index in [9.17, 15) is 8.42 Å². The minimum absolute atomic E-state index is 0.183. The van der Waals surface area contributed by atoms with E-state index in [0.29, 0.717) is 0 Å². The van der Waals surface area contributed by atoms with Gasteiger partial charge in [0.2, 0.25) is 0 Å². The van der Waals surface area contributed by atoms with E-state index in [1.54, 1.807) is 24.4 Å². The normalized spacial score (nSPS) is 12.0. The van der Waals surface area contributed by atoms with Crippen molar-refractivity contribution < 1.29 is 8.42 Å². The minimum atomic E-state index is -3.75. The molecule has 1 heterocycles.